The van der Waals surface area contributed by atoms with E-state index in [2.05, 4.69) is 22.6 Å². The van der Waals surface area contributed by atoms with Crippen molar-refractivity contribution in [2.24, 2.45) is 0 Å². The van der Waals surface area contributed by atoms with Crippen LogP contribution in [0.5, 0.6) is 0 Å². The molecule has 0 aliphatic rings. The van der Waals surface area contributed by atoms with Crippen molar-refractivity contribution in [3.63, 3.8) is 0 Å². The maximum Gasteiger partial charge on any atom is 0.126 e. The zero-order valence-corrected chi connectivity index (χ0v) is 10.4. The third-order valence-corrected chi connectivity index (χ3v) is 4.50. The Bertz CT molecular complexity index is 248. The molecule has 13 heavy (non-hydrogen) atoms. The largest absolute Gasteiger partial charge is 0.242 e. The Kier molecular flexibility index (Phi) is 4.52. The molecule has 0 nitrogen and oxygen atoms in total. The summed E-state index contributed by atoms with van der Waals surface area (Å²) in [6.45, 7) is 1.65. The Morgan fingerprint density at radius 3 is 2.54 bits per heavy atom. The molecule has 0 bridgehead atoms. The highest BCUT2D eigenvalue weighted by atomic mass is 127. The second-order valence-electron chi connectivity index (χ2n) is 3.15. The molecule has 3 heteroatoms. The first kappa shape index (κ1) is 11.3. The lowest BCUT2D eigenvalue weighted by molar-refractivity contribution is 0.264. The van der Waals surface area contributed by atoms with E-state index in [1.165, 1.54) is 0 Å². The van der Waals surface area contributed by atoms with Gasteiger partial charge in [-0.15, -0.1) is 11.8 Å². The molecule has 1 aromatic rings. The van der Waals surface area contributed by atoms with Crippen molar-refractivity contribution in [3.05, 3.63) is 30.3 Å². The third-order valence-electron chi connectivity index (χ3n) is 1.56. The minimum absolute atomic E-state index is 0.528. The molecule has 72 valence electrons. The van der Waals surface area contributed by atoms with Crippen LogP contribution in [0.4, 0.5) is 4.39 Å². The summed E-state index contributed by atoms with van der Waals surface area (Å²) in [5.74, 6) is 0.528. The summed E-state index contributed by atoms with van der Waals surface area (Å²) >= 11 is 3.66. The van der Waals surface area contributed by atoms with Crippen molar-refractivity contribution < 1.29 is 4.39 Å². The number of hydrogen-bond donors (Lipinski definition) is 0. The van der Waals surface area contributed by atoms with E-state index in [1.54, 1.807) is 18.7 Å². The van der Waals surface area contributed by atoms with E-state index in [0.29, 0.717) is 10.2 Å². The minimum Gasteiger partial charge on any atom is -0.242 e. The highest BCUT2D eigenvalue weighted by Gasteiger charge is 2.21. The Balaban J connectivity index is 2.44. The van der Waals surface area contributed by atoms with Gasteiger partial charge in [0.2, 0.25) is 0 Å². The molecule has 0 fully saturated rings. The van der Waals surface area contributed by atoms with Crippen molar-refractivity contribution in [2.45, 2.75) is 17.5 Å². The van der Waals surface area contributed by atoms with E-state index in [0.717, 1.165) is 4.90 Å². The Morgan fingerprint density at radius 1 is 1.38 bits per heavy atom. The molecule has 0 amide bonds. The zero-order chi connectivity index (χ0) is 9.73. The van der Waals surface area contributed by atoms with E-state index in [1.807, 2.05) is 30.3 Å². The van der Waals surface area contributed by atoms with Gasteiger partial charge in [0.25, 0.3) is 0 Å². The van der Waals surface area contributed by atoms with Crippen LogP contribution in [0.1, 0.15) is 6.92 Å². The van der Waals surface area contributed by atoms with Gasteiger partial charge in [-0.1, -0.05) is 40.8 Å². The third kappa shape index (κ3) is 4.31. The van der Waals surface area contributed by atoms with Gasteiger partial charge >= 0.3 is 0 Å². The number of rotatable bonds is 4. The fourth-order valence-corrected chi connectivity index (χ4v) is 2.34. The van der Waals surface area contributed by atoms with Crippen molar-refractivity contribution >= 4 is 34.4 Å². The summed E-state index contributed by atoms with van der Waals surface area (Å²) in [5.41, 5.74) is -1.05. The van der Waals surface area contributed by atoms with Gasteiger partial charge in [-0.25, -0.2) is 4.39 Å². The van der Waals surface area contributed by atoms with Gasteiger partial charge in [0.15, 0.2) is 0 Å². The number of alkyl halides is 2. The number of hydrogen-bond acceptors (Lipinski definition) is 1. The standard InChI is InChI=1S/C10H12FIS/c1-10(11,7-12)8-13-9-5-3-2-4-6-9/h2-6H,7-8H2,1H3. The molecule has 0 N–H and O–H groups in total. The quantitative estimate of drug-likeness (QED) is 0.461. The molecule has 0 aliphatic carbocycles. The average molecular weight is 310 g/mol. The van der Waals surface area contributed by atoms with Crippen LogP contribution in [0, 0.1) is 0 Å². The highest BCUT2D eigenvalue weighted by Crippen LogP contribution is 2.25. The molecule has 1 unspecified atom stereocenters. The average Bonchev–Trinajstić information content (AvgIpc) is 2.17. The van der Waals surface area contributed by atoms with Crippen LogP contribution in [0.3, 0.4) is 0 Å². The van der Waals surface area contributed by atoms with Crippen molar-refractivity contribution in [1.82, 2.24) is 0 Å². The maximum absolute atomic E-state index is 13.5. The number of benzene rings is 1. The molecular formula is C10H12FIS. The van der Waals surface area contributed by atoms with Gasteiger partial charge < -0.3 is 0 Å². The molecular weight excluding hydrogens is 298 g/mol. The molecule has 0 aromatic heterocycles. The van der Waals surface area contributed by atoms with Crippen LogP contribution in [-0.2, 0) is 0 Å². The Morgan fingerprint density at radius 2 is 2.00 bits per heavy atom. The number of halogens is 2. The summed E-state index contributed by atoms with van der Waals surface area (Å²) in [6, 6.07) is 9.93. The fourth-order valence-electron chi connectivity index (χ4n) is 0.789. The van der Waals surface area contributed by atoms with Gasteiger partial charge in [-0.2, -0.15) is 0 Å². The predicted molar refractivity (Wildman–Crippen MR) is 65.6 cm³/mol. The molecule has 0 aliphatic heterocycles. The molecule has 0 spiro atoms. The second kappa shape index (κ2) is 5.20. The van der Waals surface area contributed by atoms with Gasteiger partial charge in [-0.05, 0) is 19.1 Å². The van der Waals surface area contributed by atoms with Crippen LogP contribution in [-0.4, -0.2) is 15.8 Å². The van der Waals surface area contributed by atoms with Crippen LogP contribution in [0.15, 0.2) is 35.2 Å². The highest BCUT2D eigenvalue weighted by molar-refractivity contribution is 14.1. The smallest absolute Gasteiger partial charge is 0.126 e. The summed E-state index contributed by atoms with van der Waals surface area (Å²) in [6.07, 6.45) is 0. The topological polar surface area (TPSA) is 0 Å². The summed E-state index contributed by atoms with van der Waals surface area (Å²) in [4.78, 5) is 1.14. The zero-order valence-electron chi connectivity index (χ0n) is 7.47. The van der Waals surface area contributed by atoms with Gasteiger partial charge in [0, 0.05) is 15.1 Å². The monoisotopic (exact) mass is 310 g/mol. The first-order valence-corrected chi connectivity index (χ1v) is 6.58. The first-order valence-electron chi connectivity index (χ1n) is 4.07. The Hall–Kier alpha value is 0.230. The molecule has 0 heterocycles. The molecule has 1 rings (SSSR count). The lowest BCUT2D eigenvalue weighted by Crippen LogP contribution is -2.22. The van der Waals surface area contributed by atoms with Gasteiger partial charge in [0.05, 0.1) is 0 Å². The summed E-state index contributed by atoms with van der Waals surface area (Å²) in [5, 5.41) is 0. The normalized spacial score (nSPS) is 15.3. The van der Waals surface area contributed by atoms with Crippen molar-refractivity contribution in [3.8, 4) is 0 Å². The Labute approximate surface area is 96.4 Å². The van der Waals surface area contributed by atoms with E-state index in [-0.39, 0.29) is 0 Å². The van der Waals surface area contributed by atoms with Crippen LogP contribution >= 0.6 is 34.4 Å². The lowest BCUT2D eigenvalue weighted by atomic mass is 10.2. The van der Waals surface area contributed by atoms with Gasteiger partial charge in [-0.3, -0.25) is 0 Å². The number of thioether (sulfide) groups is 1. The van der Waals surface area contributed by atoms with Crippen LogP contribution in [0.2, 0.25) is 0 Å². The molecule has 0 saturated carbocycles. The van der Waals surface area contributed by atoms with Crippen molar-refractivity contribution in [2.75, 3.05) is 10.2 Å². The van der Waals surface area contributed by atoms with E-state index >= 15 is 0 Å². The molecule has 0 radical (unpaired) electrons. The second-order valence-corrected chi connectivity index (χ2v) is 4.96. The molecule has 0 saturated heterocycles. The molecule has 1 aromatic carbocycles. The minimum atomic E-state index is -1.05. The van der Waals surface area contributed by atoms with Crippen molar-refractivity contribution in [1.29, 1.82) is 0 Å². The SMILES string of the molecule is CC(F)(CI)CSc1ccccc1. The maximum atomic E-state index is 13.5. The first-order chi connectivity index (χ1) is 6.14. The van der Waals surface area contributed by atoms with E-state index in [9.17, 15) is 4.39 Å². The van der Waals surface area contributed by atoms with Crippen LogP contribution in [0.25, 0.3) is 0 Å². The molecule has 1 atom stereocenters. The van der Waals surface area contributed by atoms with E-state index in [4.69, 9.17) is 0 Å². The lowest BCUT2D eigenvalue weighted by Gasteiger charge is -2.16. The van der Waals surface area contributed by atoms with E-state index < -0.39 is 5.67 Å². The predicted octanol–water partition coefficient (Wildman–Crippen LogP) is 3.94. The van der Waals surface area contributed by atoms with Gasteiger partial charge in [0.1, 0.15) is 5.67 Å². The fraction of sp³-hybridized carbons (Fsp3) is 0.400. The summed E-state index contributed by atoms with van der Waals surface area (Å²) < 4.78 is 14.0. The summed E-state index contributed by atoms with van der Waals surface area (Å²) in [7, 11) is 0. The van der Waals surface area contributed by atoms with Crippen LogP contribution < -0.4 is 0 Å².